The molecule has 0 saturated carbocycles. The summed E-state index contributed by atoms with van der Waals surface area (Å²) < 4.78 is 9.59. The van der Waals surface area contributed by atoms with Crippen LogP contribution in [0.2, 0.25) is 0 Å². The lowest BCUT2D eigenvalue weighted by atomic mass is 9.80. The molecule has 0 spiro atoms. The summed E-state index contributed by atoms with van der Waals surface area (Å²) in [6, 6.07) is 103. The Labute approximate surface area is 530 Å². The highest BCUT2D eigenvalue weighted by Gasteiger charge is 2.39. The van der Waals surface area contributed by atoms with Gasteiger partial charge < -0.3 is 9.13 Å². The predicted molar refractivity (Wildman–Crippen MR) is 383 cm³/mol. The zero-order chi connectivity index (χ0) is 60.9. The third-order valence-electron chi connectivity index (χ3n) is 21.0. The zero-order valence-electron chi connectivity index (χ0n) is 51.2. The summed E-state index contributed by atoms with van der Waals surface area (Å²) in [5.41, 5.74) is 26.9. The SMILES string of the molecule is CC1(C)c2ccccc2-c2ccc(-c3ccc4c5ccccc5n(-c5ccc6nc(-n7c8ccccc8c8ccc(-c9ccc%10c(c9)c9ccccc9n%10-c9ccccc9)cc87)nc(-n7c8ccccc8c8c9c(ccc87)-c7ccccc7C9(C)C)c6c5)c4c3)cc21. The lowest BCUT2D eigenvalue weighted by molar-refractivity contribution is 0.660. The van der Waals surface area contributed by atoms with Gasteiger partial charge in [-0.2, -0.15) is 4.98 Å². The van der Waals surface area contributed by atoms with Gasteiger partial charge in [0.2, 0.25) is 5.95 Å². The Morgan fingerprint density at radius 3 is 1.42 bits per heavy atom. The van der Waals surface area contributed by atoms with Crippen LogP contribution in [0.25, 0.3) is 166 Å². The standard InChI is InChI=1S/C86H58N6/c1-85(2)69-28-14-8-22-57(69)59-39-34-52(47-71(59)85)54-36-40-63-60-24-10-16-30-73(60)90(79(63)48-54)56-38-43-72-68(50-56)83(91-76-33-19-13-27-66(76)81-78(91)45-42-65-58-23-9-15-29-70(58)86(3,4)82(65)81)88-84(87-72)92-75-32-18-11-25-61(75)64-41-35-53(49-80(64)92)51-37-44-77-67(46-51)62-26-12-17-31-74(62)89(77)55-20-6-5-7-21-55/h5-50H,1-4H3. The van der Waals surface area contributed by atoms with Crippen molar-refractivity contribution < 1.29 is 0 Å². The molecule has 6 nitrogen and oxygen atoms in total. The van der Waals surface area contributed by atoms with E-state index >= 15 is 0 Å². The monoisotopic (exact) mass is 1170 g/mol. The van der Waals surface area contributed by atoms with Gasteiger partial charge in [-0.15, -0.1) is 0 Å². The van der Waals surface area contributed by atoms with E-state index in [9.17, 15) is 0 Å². The second-order valence-corrected chi connectivity index (χ2v) is 26.5. The minimum absolute atomic E-state index is 0.114. The van der Waals surface area contributed by atoms with Crippen LogP contribution in [0.1, 0.15) is 49.9 Å². The summed E-state index contributed by atoms with van der Waals surface area (Å²) in [4.78, 5) is 11.8. The van der Waals surface area contributed by atoms with Gasteiger partial charge in [-0.25, -0.2) is 4.98 Å². The van der Waals surface area contributed by atoms with Crippen LogP contribution >= 0.6 is 0 Å². The van der Waals surface area contributed by atoms with E-state index < -0.39 is 0 Å². The van der Waals surface area contributed by atoms with E-state index in [1.165, 1.54) is 99.0 Å². The van der Waals surface area contributed by atoms with Gasteiger partial charge >= 0.3 is 0 Å². The Balaban J connectivity index is 0.831. The van der Waals surface area contributed by atoms with Crippen LogP contribution in [-0.4, -0.2) is 28.2 Å². The summed E-state index contributed by atoms with van der Waals surface area (Å²) in [6.45, 7) is 9.52. The topological polar surface area (TPSA) is 45.5 Å². The second kappa shape index (κ2) is 18.5. The molecule has 20 rings (SSSR count). The van der Waals surface area contributed by atoms with Gasteiger partial charge in [0.1, 0.15) is 0 Å². The van der Waals surface area contributed by atoms with E-state index in [0.717, 1.165) is 83.1 Å². The largest absolute Gasteiger partial charge is 0.309 e. The van der Waals surface area contributed by atoms with Crippen LogP contribution in [-0.2, 0) is 10.8 Å². The molecule has 0 fully saturated rings. The Hall–Kier alpha value is -11.6. The fourth-order valence-corrected chi connectivity index (χ4v) is 16.7. The number of nitrogens with zero attached hydrogens (tertiary/aromatic N) is 6. The second-order valence-electron chi connectivity index (χ2n) is 26.5. The van der Waals surface area contributed by atoms with Crippen molar-refractivity contribution in [1.82, 2.24) is 28.2 Å². The van der Waals surface area contributed by atoms with Crippen molar-refractivity contribution in [3.05, 3.63) is 301 Å². The highest BCUT2D eigenvalue weighted by atomic mass is 15.2. The fourth-order valence-electron chi connectivity index (χ4n) is 16.7. The highest BCUT2D eigenvalue weighted by Crippen LogP contribution is 2.54. The summed E-state index contributed by atoms with van der Waals surface area (Å²) >= 11 is 0. The normalized spacial score (nSPS) is 13.8. The van der Waals surface area contributed by atoms with Crippen LogP contribution in [0, 0.1) is 0 Å². The van der Waals surface area contributed by atoms with E-state index in [1.54, 1.807) is 0 Å². The van der Waals surface area contributed by atoms with Gasteiger partial charge in [0.15, 0.2) is 5.82 Å². The summed E-state index contributed by atoms with van der Waals surface area (Å²) in [7, 11) is 0. The van der Waals surface area contributed by atoms with Crippen molar-refractivity contribution in [3.8, 4) is 67.6 Å². The lowest BCUT2D eigenvalue weighted by Crippen LogP contribution is -2.15. The molecule has 13 aromatic carbocycles. The Bertz CT molecular complexity index is 6260. The minimum Gasteiger partial charge on any atom is -0.309 e. The van der Waals surface area contributed by atoms with E-state index in [0.29, 0.717) is 5.95 Å². The Kier molecular flexibility index (Phi) is 10.3. The molecule has 0 aliphatic heterocycles. The first-order chi connectivity index (χ1) is 45.2. The molecule has 2 aliphatic rings. The predicted octanol–water partition coefficient (Wildman–Crippen LogP) is 22.0. The Morgan fingerprint density at radius 1 is 0.261 bits per heavy atom. The molecule has 5 heterocycles. The van der Waals surface area contributed by atoms with Crippen LogP contribution in [0.4, 0.5) is 0 Å². The van der Waals surface area contributed by atoms with Gasteiger partial charge in [0.05, 0.1) is 49.7 Å². The number of fused-ring (bicyclic) bond motifs is 20. The maximum Gasteiger partial charge on any atom is 0.237 e. The lowest BCUT2D eigenvalue weighted by Gasteiger charge is -2.22. The molecule has 0 atom stereocenters. The summed E-state index contributed by atoms with van der Waals surface area (Å²) in [6.07, 6.45) is 0. The summed E-state index contributed by atoms with van der Waals surface area (Å²) in [5, 5.41) is 10.5. The number of hydrogen-bond donors (Lipinski definition) is 0. The van der Waals surface area contributed by atoms with Gasteiger partial charge in [-0.3, -0.25) is 9.13 Å². The smallest absolute Gasteiger partial charge is 0.237 e. The van der Waals surface area contributed by atoms with Crippen LogP contribution in [0.5, 0.6) is 0 Å². The average Bonchev–Trinajstić information content (AvgIpc) is 1.53. The van der Waals surface area contributed by atoms with Gasteiger partial charge in [0, 0.05) is 70.7 Å². The molecule has 92 heavy (non-hydrogen) atoms. The number of rotatable bonds is 6. The molecule has 5 aromatic heterocycles. The fraction of sp³-hybridized carbons (Fsp3) is 0.0698. The number of hydrogen-bond acceptors (Lipinski definition) is 2. The van der Waals surface area contributed by atoms with Gasteiger partial charge in [0.25, 0.3) is 0 Å². The first-order valence-electron chi connectivity index (χ1n) is 32.1. The number of benzene rings is 13. The third kappa shape index (κ3) is 6.93. The zero-order valence-corrected chi connectivity index (χ0v) is 51.2. The van der Waals surface area contributed by atoms with Crippen molar-refractivity contribution in [2.75, 3.05) is 0 Å². The van der Waals surface area contributed by atoms with E-state index in [1.807, 2.05) is 0 Å². The first-order valence-corrected chi connectivity index (χ1v) is 32.1. The van der Waals surface area contributed by atoms with Crippen molar-refractivity contribution in [2.24, 2.45) is 0 Å². The molecule has 0 amide bonds. The van der Waals surface area contributed by atoms with Gasteiger partial charge in [-0.05, 0) is 158 Å². The molecule has 18 aromatic rings. The molecule has 0 saturated heterocycles. The minimum atomic E-state index is -0.257. The van der Waals surface area contributed by atoms with Crippen molar-refractivity contribution in [2.45, 2.75) is 38.5 Å². The van der Waals surface area contributed by atoms with Crippen LogP contribution in [0.15, 0.2) is 279 Å². The van der Waals surface area contributed by atoms with Crippen molar-refractivity contribution >= 4 is 98.1 Å². The van der Waals surface area contributed by atoms with Gasteiger partial charge in [-0.1, -0.05) is 216 Å². The van der Waals surface area contributed by atoms with Crippen molar-refractivity contribution in [1.29, 1.82) is 0 Å². The first kappa shape index (κ1) is 51.3. The van der Waals surface area contributed by atoms with Crippen molar-refractivity contribution in [3.63, 3.8) is 0 Å². The Morgan fingerprint density at radius 2 is 0.728 bits per heavy atom. The summed E-state index contributed by atoms with van der Waals surface area (Å²) in [5.74, 6) is 1.42. The molecule has 0 bridgehead atoms. The molecule has 2 aliphatic carbocycles. The number of para-hydroxylation sites is 5. The quantitative estimate of drug-likeness (QED) is 0.167. The molecule has 6 heteroatoms. The van der Waals surface area contributed by atoms with E-state index in [2.05, 4.69) is 325 Å². The molecular weight excluding hydrogens is 1120 g/mol. The number of aromatic nitrogens is 6. The maximum absolute atomic E-state index is 6.02. The average molecular weight is 1180 g/mol. The van der Waals surface area contributed by atoms with E-state index in [4.69, 9.17) is 9.97 Å². The molecule has 0 unspecified atom stereocenters. The molecule has 0 N–H and O–H groups in total. The molecule has 432 valence electrons. The third-order valence-corrected chi connectivity index (χ3v) is 21.0. The molecular formula is C86H58N6. The maximum atomic E-state index is 6.02. The highest BCUT2D eigenvalue weighted by molar-refractivity contribution is 6.17. The molecule has 0 radical (unpaired) electrons. The van der Waals surface area contributed by atoms with Crippen LogP contribution < -0.4 is 0 Å². The van der Waals surface area contributed by atoms with E-state index in [-0.39, 0.29) is 10.8 Å². The van der Waals surface area contributed by atoms with Crippen LogP contribution in [0.3, 0.4) is 0 Å².